The molecule has 1 aromatic carbocycles. The first-order valence-corrected chi connectivity index (χ1v) is 19.0. The number of hydrazine groups is 1. The second kappa shape index (κ2) is 18.4. The number of carbonyl (C=O) groups is 3. The second-order valence-electron chi connectivity index (χ2n) is 14.0. The Morgan fingerprint density at radius 2 is 1.78 bits per heavy atom. The number of fused-ring (bicyclic) bond motifs is 1. The summed E-state index contributed by atoms with van der Waals surface area (Å²) < 4.78 is 24.7. The van der Waals surface area contributed by atoms with Crippen molar-refractivity contribution in [1.29, 1.82) is 0 Å². The summed E-state index contributed by atoms with van der Waals surface area (Å²) in [4.78, 5) is 43.7. The van der Waals surface area contributed by atoms with Crippen LogP contribution >= 0.6 is 34.8 Å². The van der Waals surface area contributed by atoms with Crippen LogP contribution in [-0.2, 0) is 34.8 Å². The van der Waals surface area contributed by atoms with Gasteiger partial charge in [-0.3, -0.25) is 24.4 Å². The van der Waals surface area contributed by atoms with Gasteiger partial charge in [0.15, 0.2) is 0 Å². The van der Waals surface area contributed by atoms with Gasteiger partial charge in [-0.05, 0) is 77.0 Å². The van der Waals surface area contributed by atoms with Crippen molar-refractivity contribution in [2.45, 2.75) is 101 Å². The zero-order chi connectivity index (χ0) is 37.4. The number of hydrogen-bond acceptors (Lipinski definition) is 8. The van der Waals surface area contributed by atoms with Gasteiger partial charge in [0.25, 0.3) is 5.91 Å². The van der Waals surface area contributed by atoms with Crippen LogP contribution in [0.1, 0.15) is 85.5 Å². The number of alkyl halides is 3. The largest absolute Gasteiger partial charge is 0.460 e. The minimum atomic E-state index is -1.74. The maximum Gasteiger partial charge on any atom is 0.325 e. The fourth-order valence-electron chi connectivity index (χ4n) is 5.01. The molecule has 1 aliphatic heterocycles. The lowest BCUT2D eigenvalue weighted by atomic mass is 10.0. The third-order valence-corrected chi connectivity index (χ3v) is 9.89. The number of nitrogens with one attached hydrogen (secondary N) is 3. The summed E-state index contributed by atoms with van der Waals surface area (Å²) in [6.45, 7) is 15.3. The lowest BCUT2D eigenvalue weighted by Crippen LogP contribution is -2.60. The van der Waals surface area contributed by atoms with Crippen LogP contribution in [0.4, 0.5) is 0 Å². The molecule has 15 heteroatoms. The van der Waals surface area contributed by atoms with Crippen molar-refractivity contribution in [2.24, 2.45) is 11.8 Å². The first kappa shape index (κ1) is 42.1. The van der Waals surface area contributed by atoms with Crippen molar-refractivity contribution >= 4 is 80.6 Å². The van der Waals surface area contributed by atoms with Gasteiger partial charge in [0.1, 0.15) is 24.8 Å². The zero-order valence-corrected chi connectivity index (χ0v) is 33.0. The number of aromatic nitrogens is 1. The van der Waals surface area contributed by atoms with Crippen LogP contribution in [-0.4, -0.2) is 78.5 Å². The molecule has 0 aliphatic carbocycles. The fraction of sp³-hybridized carbons (Fsp3) is 0.600. The van der Waals surface area contributed by atoms with E-state index in [1.165, 1.54) is 5.01 Å². The van der Waals surface area contributed by atoms with Gasteiger partial charge in [0.05, 0.1) is 39.6 Å². The molecule has 3 rings (SSSR count). The predicted molar refractivity (Wildman–Crippen MR) is 201 cm³/mol. The molecule has 11 nitrogen and oxygen atoms in total. The third kappa shape index (κ3) is 13.0. The molecule has 0 bridgehead atoms. The number of hydrogen-bond donors (Lipinski definition) is 3. The molecule has 1 aliphatic rings. The molecule has 1 saturated heterocycles. The predicted octanol–water partition coefficient (Wildman–Crippen LogP) is 5.95. The normalized spacial score (nSPS) is 18.9. The number of benzene rings is 1. The van der Waals surface area contributed by atoms with Crippen molar-refractivity contribution in [3.63, 3.8) is 0 Å². The van der Waals surface area contributed by atoms with E-state index >= 15 is 0 Å². The summed E-state index contributed by atoms with van der Waals surface area (Å²) in [5, 5.41) is 5.08. The van der Waals surface area contributed by atoms with Crippen LogP contribution in [0, 0.1) is 11.8 Å². The van der Waals surface area contributed by atoms with E-state index < -0.39 is 57.4 Å². The molecule has 2 amide bonds. The number of pyridine rings is 1. The number of halogens is 3. The van der Waals surface area contributed by atoms with Gasteiger partial charge in [0.2, 0.25) is 9.70 Å². The van der Waals surface area contributed by atoms with Gasteiger partial charge in [0, 0.05) is 11.9 Å². The number of carbonyl (C=O) groups excluding carboxylic acids is 3. The lowest BCUT2D eigenvalue weighted by molar-refractivity contribution is -0.153. The molecule has 2 aromatic rings. The zero-order valence-electron chi connectivity index (χ0n) is 29.9. The first-order chi connectivity index (χ1) is 23.2. The van der Waals surface area contributed by atoms with Gasteiger partial charge >= 0.3 is 5.97 Å². The van der Waals surface area contributed by atoms with Crippen LogP contribution in [0.5, 0.6) is 0 Å². The van der Waals surface area contributed by atoms with Crippen LogP contribution in [0.15, 0.2) is 36.4 Å². The van der Waals surface area contributed by atoms with Gasteiger partial charge < -0.3 is 14.8 Å². The maximum absolute atomic E-state index is 13.2. The number of esters is 1. The van der Waals surface area contributed by atoms with E-state index in [0.717, 1.165) is 22.2 Å². The number of nitrogens with zero attached hydrogens (tertiary/aromatic N) is 2. The average molecular weight is 775 g/mol. The molecule has 0 saturated carbocycles. The molecule has 50 heavy (non-hydrogen) atoms. The SMILES string of the molecule is CC(C=Cc1ccc2ccc(C(C)NS(=O)C(C)(C)C)nc2c1)COC(C(=O)NC(C)C(=O)N1CCCC(C(=O)OCC(Cl)(Cl)Cl)N1)C(C)C. The molecule has 1 aromatic heterocycles. The van der Waals surface area contributed by atoms with E-state index in [0.29, 0.717) is 19.4 Å². The quantitative estimate of drug-likeness (QED) is 0.158. The fourth-order valence-corrected chi connectivity index (χ4v) is 5.97. The Morgan fingerprint density at radius 1 is 1.10 bits per heavy atom. The van der Waals surface area contributed by atoms with E-state index in [4.69, 9.17) is 49.3 Å². The monoisotopic (exact) mass is 773 g/mol. The third-order valence-electron chi connectivity index (χ3n) is 7.89. The van der Waals surface area contributed by atoms with Crippen LogP contribution in [0.3, 0.4) is 0 Å². The smallest absolute Gasteiger partial charge is 0.325 e. The number of amides is 2. The summed E-state index contributed by atoms with van der Waals surface area (Å²) in [5.74, 6) is -1.62. The molecule has 278 valence electrons. The Morgan fingerprint density at radius 3 is 2.42 bits per heavy atom. The highest BCUT2D eigenvalue weighted by Crippen LogP contribution is 2.26. The Balaban J connectivity index is 1.55. The summed E-state index contributed by atoms with van der Waals surface area (Å²) in [7, 11) is -1.22. The van der Waals surface area contributed by atoms with Crippen molar-refractivity contribution in [2.75, 3.05) is 19.8 Å². The maximum atomic E-state index is 13.2. The van der Waals surface area contributed by atoms with Crippen LogP contribution in [0.2, 0.25) is 0 Å². The average Bonchev–Trinajstić information content (AvgIpc) is 3.04. The van der Waals surface area contributed by atoms with E-state index in [2.05, 4.69) is 15.5 Å². The summed E-state index contributed by atoms with van der Waals surface area (Å²) in [6, 6.07) is 8.14. The van der Waals surface area contributed by atoms with Crippen molar-refractivity contribution in [3.8, 4) is 0 Å². The van der Waals surface area contributed by atoms with Crippen molar-refractivity contribution in [3.05, 3.63) is 47.7 Å². The van der Waals surface area contributed by atoms with Crippen LogP contribution in [0.25, 0.3) is 17.0 Å². The molecular formula is C35H50Cl3N5O6S. The molecular weight excluding hydrogens is 725 g/mol. The Kier molecular flexibility index (Phi) is 15.5. The second-order valence-corrected chi connectivity index (χ2v) is 18.5. The van der Waals surface area contributed by atoms with E-state index in [1.54, 1.807) is 6.92 Å². The van der Waals surface area contributed by atoms with Crippen molar-refractivity contribution < 1.29 is 28.1 Å². The molecule has 0 spiro atoms. The molecule has 2 heterocycles. The minimum Gasteiger partial charge on any atom is -0.460 e. The molecule has 1 fully saturated rings. The molecule has 6 unspecified atom stereocenters. The van der Waals surface area contributed by atoms with Gasteiger partial charge in [-0.25, -0.2) is 14.4 Å². The van der Waals surface area contributed by atoms with Crippen LogP contribution < -0.4 is 15.5 Å². The highest BCUT2D eigenvalue weighted by molar-refractivity contribution is 7.84. The topological polar surface area (TPSA) is 139 Å². The van der Waals surface area contributed by atoms with Crippen molar-refractivity contribution in [1.82, 2.24) is 25.5 Å². The molecule has 0 radical (unpaired) electrons. The first-order valence-electron chi connectivity index (χ1n) is 16.7. The highest BCUT2D eigenvalue weighted by atomic mass is 35.6. The standard InChI is InChI=1S/C35H50Cl3N5O6S/c1-21(2)30(31(44)39-24(5)32(45)43-17-9-10-28(41-43)33(46)49-20-35(36,37)38)48-19-22(3)11-12-25-13-14-26-15-16-27(40-29(26)18-25)23(4)42-50(47)34(6,7)8/h11-16,18,21-24,28,30,41-42H,9-10,17,19-20H2,1-8H3,(H,39,44). The lowest BCUT2D eigenvalue weighted by Gasteiger charge is -2.34. The summed E-state index contributed by atoms with van der Waals surface area (Å²) >= 11 is 17.0. The highest BCUT2D eigenvalue weighted by Gasteiger charge is 2.34. The Labute approximate surface area is 313 Å². The number of ether oxygens (including phenoxy) is 2. The van der Waals surface area contributed by atoms with Gasteiger partial charge in [-0.2, -0.15) is 0 Å². The van der Waals surface area contributed by atoms with E-state index in [-0.39, 0.29) is 29.2 Å². The molecule has 6 atom stereocenters. The minimum absolute atomic E-state index is 0.0227. The van der Waals surface area contributed by atoms with Gasteiger partial charge in [-0.15, -0.1) is 0 Å². The van der Waals surface area contributed by atoms with E-state index in [9.17, 15) is 18.6 Å². The summed E-state index contributed by atoms with van der Waals surface area (Å²) in [5.41, 5.74) is 5.47. The number of rotatable bonds is 14. The molecule has 3 N–H and O–H groups in total. The summed E-state index contributed by atoms with van der Waals surface area (Å²) in [6.07, 6.45) is 4.21. The Bertz CT molecular complexity index is 1550. The Hall–Kier alpha value is -2.32. The van der Waals surface area contributed by atoms with Gasteiger partial charge in [-0.1, -0.05) is 85.9 Å². The van der Waals surface area contributed by atoms with E-state index in [1.807, 2.05) is 91.0 Å².